The van der Waals surface area contributed by atoms with Crippen LogP contribution in [-0.2, 0) is 4.79 Å². The van der Waals surface area contributed by atoms with Crippen LogP contribution in [0.3, 0.4) is 0 Å². The molecule has 0 aromatic carbocycles. The molecular weight excluding hydrogens is 667 g/mol. The van der Waals surface area contributed by atoms with Crippen LogP contribution in [0, 0.1) is 0 Å². The van der Waals surface area contributed by atoms with E-state index in [9.17, 15) is 20.1 Å². The molecule has 0 aliphatic rings. The molecule has 0 heterocycles. The Bertz CT molecular complexity index is 758. The molecule has 54 heavy (non-hydrogen) atoms. The quantitative estimate of drug-likeness (QED) is 0.0367. The van der Waals surface area contributed by atoms with Gasteiger partial charge in [0.2, 0.25) is 5.91 Å². The van der Waals surface area contributed by atoms with Crippen molar-refractivity contribution in [2.75, 3.05) is 6.61 Å². The molecule has 0 spiro atoms. The van der Waals surface area contributed by atoms with Gasteiger partial charge >= 0.3 is 0 Å². The predicted molar refractivity (Wildman–Crippen MR) is 236 cm³/mol. The standard InChI is InChI=1S/C49H97NO4/c1-3-5-7-9-11-13-15-17-19-21-22-23-24-25-26-28-29-31-33-35-37-39-41-43-47(52)46(45-51)50-49(54)48(53)44-42-40-38-36-34-32-30-27-20-18-16-14-12-10-8-6-4-2/h30,32,46-48,51-53H,3-29,31,33-45H2,1-2H3,(H,50,54)/b32-30-. The van der Waals surface area contributed by atoms with Gasteiger partial charge in [-0.25, -0.2) is 0 Å². The van der Waals surface area contributed by atoms with Crippen LogP contribution in [0.2, 0.25) is 0 Å². The van der Waals surface area contributed by atoms with E-state index in [-0.39, 0.29) is 6.61 Å². The fourth-order valence-electron chi connectivity index (χ4n) is 7.78. The number of allylic oxidation sites excluding steroid dienone is 2. The number of aliphatic hydroxyl groups excluding tert-OH is 3. The van der Waals surface area contributed by atoms with Crippen LogP contribution in [0.4, 0.5) is 0 Å². The third kappa shape index (κ3) is 39.3. The average Bonchev–Trinajstić information content (AvgIpc) is 3.18. The summed E-state index contributed by atoms with van der Waals surface area (Å²) in [6.45, 7) is 4.25. The number of unbranched alkanes of at least 4 members (excludes halogenated alkanes) is 35. The Kier molecular flexibility index (Phi) is 44.0. The first kappa shape index (κ1) is 53.1. The second kappa shape index (κ2) is 44.8. The minimum absolute atomic E-state index is 0.314. The Labute approximate surface area is 338 Å². The fourth-order valence-corrected chi connectivity index (χ4v) is 7.78. The third-order valence-corrected chi connectivity index (χ3v) is 11.6. The van der Waals surface area contributed by atoms with Crippen LogP contribution in [0.5, 0.6) is 0 Å². The van der Waals surface area contributed by atoms with E-state index in [1.807, 2.05) is 0 Å². The van der Waals surface area contributed by atoms with Gasteiger partial charge in [-0.2, -0.15) is 0 Å². The van der Waals surface area contributed by atoms with Crippen molar-refractivity contribution in [1.29, 1.82) is 0 Å². The van der Waals surface area contributed by atoms with Crippen molar-refractivity contribution < 1.29 is 20.1 Å². The third-order valence-electron chi connectivity index (χ3n) is 11.6. The van der Waals surface area contributed by atoms with E-state index >= 15 is 0 Å². The van der Waals surface area contributed by atoms with Gasteiger partial charge in [-0.05, 0) is 38.5 Å². The second-order valence-electron chi connectivity index (χ2n) is 17.0. The lowest BCUT2D eigenvalue weighted by Crippen LogP contribution is -2.49. The molecule has 0 bridgehead atoms. The number of aliphatic hydroxyl groups is 3. The number of hydrogen-bond donors (Lipinski definition) is 4. The van der Waals surface area contributed by atoms with Crippen molar-refractivity contribution in [3.63, 3.8) is 0 Å². The molecule has 0 radical (unpaired) electrons. The maximum absolute atomic E-state index is 12.5. The van der Waals surface area contributed by atoms with E-state index in [1.54, 1.807) is 0 Å². The van der Waals surface area contributed by atoms with E-state index in [1.165, 1.54) is 199 Å². The number of amides is 1. The topological polar surface area (TPSA) is 89.8 Å². The molecule has 3 unspecified atom stereocenters. The van der Waals surface area contributed by atoms with Gasteiger partial charge in [0, 0.05) is 0 Å². The first-order valence-electron chi connectivity index (χ1n) is 24.5. The summed E-state index contributed by atoms with van der Waals surface area (Å²) in [5.41, 5.74) is 0. The summed E-state index contributed by atoms with van der Waals surface area (Å²) in [6, 6.07) is -0.714. The van der Waals surface area contributed by atoms with Crippen LogP contribution in [0.1, 0.15) is 271 Å². The lowest BCUT2D eigenvalue weighted by Gasteiger charge is -2.23. The Hall–Kier alpha value is -0.910. The molecule has 0 rings (SSSR count). The predicted octanol–water partition coefficient (Wildman–Crippen LogP) is 14.4. The van der Waals surface area contributed by atoms with Crippen molar-refractivity contribution in [3.05, 3.63) is 12.2 Å². The highest BCUT2D eigenvalue weighted by atomic mass is 16.3. The Morgan fingerprint density at radius 3 is 1.02 bits per heavy atom. The molecule has 0 fully saturated rings. The summed E-state index contributed by atoms with van der Waals surface area (Å²) in [6.07, 6.45) is 53.7. The van der Waals surface area contributed by atoms with Crippen LogP contribution in [0.25, 0.3) is 0 Å². The minimum Gasteiger partial charge on any atom is -0.394 e. The van der Waals surface area contributed by atoms with Crippen molar-refractivity contribution in [2.24, 2.45) is 0 Å². The van der Waals surface area contributed by atoms with Gasteiger partial charge in [-0.1, -0.05) is 244 Å². The lowest BCUT2D eigenvalue weighted by atomic mass is 10.0. The van der Waals surface area contributed by atoms with Crippen molar-refractivity contribution in [2.45, 2.75) is 289 Å². The molecule has 1 amide bonds. The van der Waals surface area contributed by atoms with Gasteiger partial charge in [-0.3, -0.25) is 4.79 Å². The molecule has 0 aliphatic heterocycles. The summed E-state index contributed by atoms with van der Waals surface area (Å²) in [7, 11) is 0. The Morgan fingerprint density at radius 1 is 0.426 bits per heavy atom. The zero-order valence-corrected chi connectivity index (χ0v) is 36.6. The van der Waals surface area contributed by atoms with Gasteiger partial charge in [0.15, 0.2) is 0 Å². The highest BCUT2D eigenvalue weighted by Crippen LogP contribution is 2.17. The van der Waals surface area contributed by atoms with E-state index in [0.29, 0.717) is 12.8 Å². The normalized spacial score (nSPS) is 13.5. The summed E-state index contributed by atoms with van der Waals surface area (Å²) < 4.78 is 0. The zero-order chi connectivity index (χ0) is 39.4. The maximum Gasteiger partial charge on any atom is 0.249 e. The molecule has 0 aromatic rings. The summed E-state index contributed by atoms with van der Waals surface area (Å²) >= 11 is 0. The first-order chi connectivity index (χ1) is 26.6. The minimum atomic E-state index is -1.08. The summed E-state index contributed by atoms with van der Waals surface area (Å²) in [4.78, 5) is 12.5. The van der Waals surface area contributed by atoms with E-state index in [2.05, 4.69) is 31.3 Å². The molecule has 0 aliphatic carbocycles. The SMILES string of the molecule is CCCCCCCCCCC/C=C\CCCCCCC(O)C(=O)NC(CO)C(O)CCCCCCCCCCCCCCCCCCCCCCCCC. The van der Waals surface area contributed by atoms with Gasteiger partial charge < -0.3 is 20.6 Å². The number of rotatable bonds is 45. The molecule has 0 aromatic heterocycles. The van der Waals surface area contributed by atoms with E-state index in [0.717, 1.165) is 44.9 Å². The highest BCUT2D eigenvalue weighted by molar-refractivity contribution is 5.80. The number of carbonyl (C=O) groups is 1. The zero-order valence-electron chi connectivity index (χ0n) is 36.6. The summed E-state index contributed by atoms with van der Waals surface area (Å²) in [5, 5.41) is 33.4. The molecule has 4 N–H and O–H groups in total. The maximum atomic E-state index is 12.5. The molecule has 5 nitrogen and oxygen atoms in total. The summed E-state index contributed by atoms with van der Waals surface area (Å²) in [5.74, 6) is -0.475. The molecule has 5 heteroatoms. The highest BCUT2D eigenvalue weighted by Gasteiger charge is 2.23. The molecule has 3 atom stereocenters. The number of nitrogens with one attached hydrogen (secondary N) is 1. The second-order valence-corrected chi connectivity index (χ2v) is 17.0. The van der Waals surface area contributed by atoms with Crippen LogP contribution in [-0.4, -0.2) is 46.1 Å². The largest absolute Gasteiger partial charge is 0.394 e. The smallest absolute Gasteiger partial charge is 0.249 e. The first-order valence-corrected chi connectivity index (χ1v) is 24.5. The fraction of sp³-hybridized carbons (Fsp3) is 0.939. The van der Waals surface area contributed by atoms with Gasteiger partial charge in [0.25, 0.3) is 0 Å². The van der Waals surface area contributed by atoms with Gasteiger partial charge in [-0.15, -0.1) is 0 Å². The van der Waals surface area contributed by atoms with E-state index < -0.39 is 24.2 Å². The van der Waals surface area contributed by atoms with Gasteiger partial charge in [0.1, 0.15) is 6.10 Å². The van der Waals surface area contributed by atoms with E-state index in [4.69, 9.17) is 0 Å². The number of hydrogen-bond acceptors (Lipinski definition) is 4. The van der Waals surface area contributed by atoms with Gasteiger partial charge in [0.05, 0.1) is 18.8 Å². The molecule has 0 saturated carbocycles. The lowest BCUT2D eigenvalue weighted by molar-refractivity contribution is -0.131. The van der Waals surface area contributed by atoms with Crippen molar-refractivity contribution >= 4 is 5.91 Å². The monoisotopic (exact) mass is 764 g/mol. The molecule has 0 saturated heterocycles. The molecule has 322 valence electrons. The van der Waals surface area contributed by atoms with Crippen LogP contribution in [0.15, 0.2) is 12.2 Å². The molecular formula is C49H97NO4. The van der Waals surface area contributed by atoms with Crippen LogP contribution >= 0.6 is 0 Å². The Morgan fingerprint density at radius 2 is 0.704 bits per heavy atom. The Balaban J connectivity index is 3.57. The van der Waals surface area contributed by atoms with Crippen LogP contribution < -0.4 is 5.32 Å². The van der Waals surface area contributed by atoms with Crippen molar-refractivity contribution in [3.8, 4) is 0 Å². The average molecular weight is 764 g/mol. The van der Waals surface area contributed by atoms with Crippen molar-refractivity contribution in [1.82, 2.24) is 5.32 Å². The number of carbonyl (C=O) groups excluding carboxylic acids is 1.